The minimum absolute atomic E-state index is 0.115. The number of carbonyl (C=O) groups excluding carboxylic acids is 1. The molecule has 1 aromatic carbocycles. The highest BCUT2D eigenvalue weighted by Crippen LogP contribution is 2.27. The zero-order valence-corrected chi connectivity index (χ0v) is 13.7. The van der Waals surface area contributed by atoms with Crippen LogP contribution in [0.2, 0.25) is 0 Å². The third-order valence-electron chi connectivity index (χ3n) is 3.97. The summed E-state index contributed by atoms with van der Waals surface area (Å²) in [5.74, 6) is 2.93. The molecule has 1 amide bonds. The number of nitrogens with zero attached hydrogens (tertiary/aromatic N) is 3. The lowest BCUT2D eigenvalue weighted by Gasteiger charge is -2.30. The lowest BCUT2D eigenvalue weighted by molar-refractivity contribution is -0.119. The van der Waals surface area contributed by atoms with Crippen molar-refractivity contribution in [2.75, 3.05) is 36.0 Å². The molecule has 1 fully saturated rings. The molecule has 3 rings (SSSR count). The highest BCUT2D eigenvalue weighted by molar-refractivity contribution is 7.99. The number of anilines is 1. The van der Waals surface area contributed by atoms with Crippen LogP contribution in [0.25, 0.3) is 0 Å². The SMILES string of the molecule is CCCN1C(=O)C(N)N=C(N2CCSCC2)c2ccccc21. The van der Waals surface area contributed by atoms with E-state index in [0.717, 1.165) is 48.1 Å². The maximum absolute atomic E-state index is 12.6. The highest BCUT2D eigenvalue weighted by Gasteiger charge is 2.31. The molecule has 1 saturated heterocycles. The van der Waals surface area contributed by atoms with Crippen LogP contribution < -0.4 is 10.6 Å². The number of amidine groups is 1. The number of rotatable bonds is 2. The second kappa shape index (κ2) is 6.71. The molecule has 1 atom stereocenters. The summed E-state index contributed by atoms with van der Waals surface area (Å²) in [6.45, 7) is 4.64. The van der Waals surface area contributed by atoms with E-state index >= 15 is 0 Å². The Bertz CT molecular complexity index is 583. The molecule has 0 radical (unpaired) electrons. The maximum Gasteiger partial charge on any atom is 0.266 e. The summed E-state index contributed by atoms with van der Waals surface area (Å²) in [6.07, 6.45) is 0.0752. The van der Waals surface area contributed by atoms with E-state index in [1.807, 2.05) is 36.0 Å². The Morgan fingerprint density at radius 3 is 2.77 bits per heavy atom. The predicted molar refractivity (Wildman–Crippen MR) is 92.5 cm³/mol. The molecule has 0 aliphatic carbocycles. The van der Waals surface area contributed by atoms with Gasteiger partial charge in [0, 0.05) is 36.7 Å². The number of para-hydroxylation sites is 1. The van der Waals surface area contributed by atoms with Crippen molar-refractivity contribution in [2.24, 2.45) is 10.7 Å². The summed E-state index contributed by atoms with van der Waals surface area (Å²) >= 11 is 1.95. The normalized spacial score (nSPS) is 22.2. The minimum atomic E-state index is -0.816. The summed E-state index contributed by atoms with van der Waals surface area (Å²) in [5, 5.41) is 0. The number of amides is 1. The van der Waals surface area contributed by atoms with Crippen LogP contribution in [0.4, 0.5) is 5.69 Å². The molecule has 2 N–H and O–H groups in total. The average Bonchev–Trinajstić information content (AvgIpc) is 2.67. The van der Waals surface area contributed by atoms with Crippen LogP contribution in [0.15, 0.2) is 29.3 Å². The summed E-state index contributed by atoms with van der Waals surface area (Å²) in [7, 11) is 0. The number of carbonyl (C=O) groups is 1. The van der Waals surface area contributed by atoms with Gasteiger partial charge in [-0.15, -0.1) is 0 Å². The molecule has 1 unspecified atom stereocenters. The third kappa shape index (κ3) is 2.85. The lowest BCUT2D eigenvalue weighted by atomic mass is 10.1. The minimum Gasteiger partial charge on any atom is -0.355 e. The van der Waals surface area contributed by atoms with Crippen LogP contribution >= 0.6 is 11.8 Å². The van der Waals surface area contributed by atoms with Gasteiger partial charge in [0.05, 0.1) is 5.69 Å². The molecule has 0 saturated carbocycles. The molecule has 6 heteroatoms. The number of fused-ring (bicyclic) bond motifs is 1. The number of aliphatic imine (C=N–C) groups is 1. The van der Waals surface area contributed by atoms with Crippen molar-refractivity contribution in [3.63, 3.8) is 0 Å². The van der Waals surface area contributed by atoms with Crippen molar-refractivity contribution in [2.45, 2.75) is 19.5 Å². The van der Waals surface area contributed by atoms with E-state index in [2.05, 4.69) is 16.8 Å². The van der Waals surface area contributed by atoms with Gasteiger partial charge in [0.2, 0.25) is 0 Å². The molecule has 1 aromatic rings. The summed E-state index contributed by atoms with van der Waals surface area (Å²) in [5.41, 5.74) is 8.01. The number of benzene rings is 1. The number of nitrogens with two attached hydrogens (primary N) is 1. The Morgan fingerprint density at radius 2 is 2.05 bits per heavy atom. The standard InChI is InChI=1S/C16H22N4OS/c1-2-7-20-13-6-4-3-5-12(13)15(18-14(17)16(20)21)19-8-10-22-11-9-19/h3-6,14H,2,7-11,17H2,1H3. The van der Waals surface area contributed by atoms with E-state index in [-0.39, 0.29) is 5.91 Å². The van der Waals surface area contributed by atoms with Crippen LogP contribution in [0, 0.1) is 0 Å². The first-order valence-electron chi connectivity index (χ1n) is 7.79. The molecule has 22 heavy (non-hydrogen) atoms. The first kappa shape index (κ1) is 15.4. The zero-order valence-electron chi connectivity index (χ0n) is 12.9. The van der Waals surface area contributed by atoms with Gasteiger partial charge in [0.1, 0.15) is 5.84 Å². The van der Waals surface area contributed by atoms with Gasteiger partial charge < -0.3 is 15.5 Å². The van der Waals surface area contributed by atoms with Gasteiger partial charge in [0.25, 0.3) is 5.91 Å². The van der Waals surface area contributed by atoms with Crippen LogP contribution in [-0.4, -0.2) is 53.9 Å². The molecule has 0 aromatic heterocycles. The fraction of sp³-hybridized carbons (Fsp3) is 0.500. The van der Waals surface area contributed by atoms with Gasteiger partial charge in [0.15, 0.2) is 6.17 Å². The van der Waals surface area contributed by atoms with Crippen molar-refractivity contribution >= 4 is 29.2 Å². The molecule has 2 aliphatic heterocycles. The molecule has 2 heterocycles. The van der Waals surface area contributed by atoms with E-state index in [1.54, 1.807) is 4.90 Å². The van der Waals surface area contributed by atoms with Crippen LogP contribution in [0.1, 0.15) is 18.9 Å². The van der Waals surface area contributed by atoms with Crippen molar-refractivity contribution in [3.05, 3.63) is 29.8 Å². The third-order valence-corrected chi connectivity index (χ3v) is 4.92. The Hall–Kier alpha value is -1.53. The molecule has 2 aliphatic rings. The van der Waals surface area contributed by atoms with Crippen LogP contribution in [0.5, 0.6) is 0 Å². The van der Waals surface area contributed by atoms with E-state index in [4.69, 9.17) is 5.73 Å². The van der Waals surface area contributed by atoms with E-state index in [0.29, 0.717) is 6.54 Å². The fourth-order valence-corrected chi connectivity index (χ4v) is 3.82. The van der Waals surface area contributed by atoms with Gasteiger partial charge >= 0.3 is 0 Å². The Labute approximate surface area is 135 Å². The van der Waals surface area contributed by atoms with E-state index < -0.39 is 6.17 Å². The molecular formula is C16H22N4OS. The Kier molecular flexibility index (Phi) is 4.69. The largest absolute Gasteiger partial charge is 0.355 e. The smallest absolute Gasteiger partial charge is 0.266 e. The first-order chi connectivity index (χ1) is 10.7. The van der Waals surface area contributed by atoms with Crippen molar-refractivity contribution in [3.8, 4) is 0 Å². The fourth-order valence-electron chi connectivity index (χ4n) is 2.91. The topological polar surface area (TPSA) is 61.9 Å². The van der Waals surface area contributed by atoms with E-state index in [1.165, 1.54) is 0 Å². The van der Waals surface area contributed by atoms with Crippen LogP contribution in [0.3, 0.4) is 0 Å². The second-order valence-corrected chi connectivity index (χ2v) is 6.73. The molecule has 118 valence electrons. The highest BCUT2D eigenvalue weighted by atomic mass is 32.2. The first-order valence-corrected chi connectivity index (χ1v) is 8.94. The van der Waals surface area contributed by atoms with Gasteiger partial charge in [-0.3, -0.25) is 4.79 Å². The molecule has 0 bridgehead atoms. The van der Waals surface area contributed by atoms with Gasteiger partial charge in [-0.25, -0.2) is 4.99 Å². The Morgan fingerprint density at radius 1 is 1.32 bits per heavy atom. The molecular weight excluding hydrogens is 296 g/mol. The number of benzodiazepines with no additional fused rings is 1. The predicted octanol–water partition coefficient (Wildman–Crippen LogP) is 1.52. The Balaban J connectivity index is 2.06. The van der Waals surface area contributed by atoms with Crippen molar-refractivity contribution < 1.29 is 4.79 Å². The average molecular weight is 318 g/mol. The molecule has 5 nitrogen and oxygen atoms in total. The maximum atomic E-state index is 12.6. The summed E-state index contributed by atoms with van der Waals surface area (Å²) < 4.78 is 0. The number of hydrogen-bond acceptors (Lipinski definition) is 5. The zero-order chi connectivity index (χ0) is 15.5. The van der Waals surface area contributed by atoms with Crippen LogP contribution in [-0.2, 0) is 4.79 Å². The van der Waals surface area contributed by atoms with Crippen molar-refractivity contribution in [1.29, 1.82) is 0 Å². The lowest BCUT2D eigenvalue weighted by Crippen LogP contribution is -2.43. The quantitative estimate of drug-likeness (QED) is 0.898. The monoisotopic (exact) mass is 318 g/mol. The summed E-state index contributed by atoms with van der Waals surface area (Å²) in [6, 6.07) is 8.01. The second-order valence-electron chi connectivity index (χ2n) is 5.50. The number of thioether (sulfide) groups is 1. The van der Waals surface area contributed by atoms with E-state index in [9.17, 15) is 4.79 Å². The molecule has 0 spiro atoms. The number of hydrogen-bond donors (Lipinski definition) is 1. The van der Waals surface area contributed by atoms with Crippen molar-refractivity contribution in [1.82, 2.24) is 4.90 Å². The van der Waals surface area contributed by atoms with Gasteiger partial charge in [-0.2, -0.15) is 11.8 Å². The van der Waals surface area contributed by atoms with Gasteiger partial charge in [-0.1, -0.05) is 19.1 Å². The summed E-state index contributed by atoms with van der Waals surface area (Å²) in [4.78, 5) is 21.2. The van der Waals surface area contributed by atoms with Gasteiger partial charge in [-0.05, 0) is 18.6 Å².